The summed E-state index contributed by atoms with van der Waals surface area (Å²) in [6.45, 7) is 0.296. The van der Waals surface area contributed by atoms with Crippen LogP contribution in [0.5, 0.6) is 0 Å². The summed E-state index contributed by atoms with van der Waals surface area (Å²) in [6.07, 6.45) is 1.91. The first-order chi connectivity index (χ1) is 11.1. The zero-order chi connectivity index (χ0) is 16.7. The first kappa shape index (κ1) is 17.7. The van der Waals surface area contributed by atoms with Crippen molar-refractivity contribution in [2.45, 2.75) is 31.3 Å². The molecule has 1 saturated heterocycles. The van der Waals surface area contributed by atoms with Crippen molar-refractivity contribution in [3.63, 3.8) is 0 Å². The molecule has 1 fully saturated rings. The van der Waals surface area contributed by atoms with Crippen molar-refractivity contribution in [3.05, 3.63) is 35.9 Å². The first-order valence-corrected chi connectivity index (χ1v) is 9.59. The predicted molar refractivity (Wildman–Crippen MR) is 85.3 cm³/mol. The van der Waals surface area contributed by atoms with E-state index in [1.807, 2.05) is 36.4 Å². The molecule has 1 N–H and O–H groups in total. The van der Waals surface area contributed by atoms with E-state index in [1.54, 1.807) is 0 Å². The van der Waals surface area contributed by atoms with Crippen LogP contribution in [0, 0.1) is 11.3 Å². The van der Waals surface area contributed by atoms with E-state index in [1.165, 1.54) is 0 Å². The van der Waals surface area contributed by atoms with Gasteiger partial charge in [-0.3, -0.25) is 14.6 Å². The summed E-state index contributed by atoms with van der Waals surface area (Å²) in [7, 11) is -3.29. The summed E-state index contributed by atoms with van der Waals surface area (Å²) >= 11 is 0. The number of piperidine rings is 1. The Labute approximate surface area is 136 Å². The van der Waals surface area contributed by atoms with Crippen molar-refractivity contribution in [2.24, 2.45) is 0 Å². The molecule has 7 heteroatoms. The van der Waals surface area contributed by atoms with Gasteiger partial charge in [0.15, 0.2) is 0 Å². The van der Waals surface area contributed by atoms with Gasteiger partial charge in [-0.2, -0.15) is 5.26 Å². The van der Waals surface area contributed by atoms with Crippen LogP contribution in [-0.4, -0.2) is 41.2 Å². The van der Waals surface area contributed by atoms with Crippen LogP contribution >= 0.6 is 7.37 Å². The Balaban J connectivity index is 2.12. The van der Waals surface area contributed by atoms with Crippen LogP contribution in [-0.2, 0) is 20.3 Å². The van der Waals surface area contributed by atoms with E-state index in [9.17, 15) is 14.6 Å². The molecule has 2 unspecified atom stereocenters. The molecule has 1 aromatic carbocycles. The van der Waals surface area contributed by atoms with Gasteiger partial charge in [0.05, 0.1) is 19.1 Å². The van der Waals surface area contributed by atoms with E-state index < -0.39 is 18.9 Å². The first-order valence-electron chi connectivity index (χ1n) is 7.71. The third kappa shape index (κ3) is 4.65. The van der Waals surface area contributed by atoms with Crippen molar-refractivity contribution in [1.82, 2.24) is 5.06 Å². The molecule has 1 amide bonds. The van der Waals surface area contributed by atoms with E-state index in [0.29, 0.717) is 24.3 Å². The van der Waals surface area contributed by atoms with Crippen LogP contribution in [0.15, 0.2) is 30.3 Å². The average molecular weight is 336 g/mol. The van der Waals surface area contributed by atoms with Crippen molar-refractivity contribution in [2.75, 3.05) is 19.3 Å². The van der Waals surface area contributed by atoms with Crippen molar-refractivity contribution < 1.29 is 19.1 Å². The summed E-state index contributed by atoms with van der Waals surface area (Å²) in [4.78, 5) is 12.2. The Morgan fingerprint density at radius 2 is 2.13 bits per heavy atom. The number of nitrogens with zero attached hydrogens (tertiary/aromatic N) is 2. The van der Waals surface area contributed by atoms with Gasteiger partial charge >= 0.3 is 0 Å². The topological polar surface area (TPSA) is 90.6 Å². The summed E-state index contributed by atoms with van der Waals surface area (Å²) in [5.74, 6) is -0.537. The monoisotopic (exact) mass is 336 g/mol. The Morgan fingerprint density at radius 1 is 1.39 bits per heavy atom. The average Bonchev–Trinajstić information content (AvgIpc) is 2.57. The number of carbonyl (C=O) groups excluding carboxylic acids is 1. The van der Waals surface area contributed by atoms with Gasteiger partial charge in [0.25, 0.3) is 5.91 Å². The lowest BCUT2D eigenvalue weighted by Gasteiger charge is -2.32. The molecule has 1 aromatic rings. The van der Waals surface area contributed by atoms with Crippen molar-refractivity contribution >= 4 is 13.3 Å². The van der Waals surface area contributed by atoms with E-state index in [0.717, 1.165) is 5.56 Å². The zero-order valence-corrected chi connectivity index (χ0v) is 13.8. The molecular formula is C16H21N2O4P. The maximum atomic E-state index is 13.3. The molecule has 0 saturated carbocycles. The van der Waals surface area contributed by atoms with Crippen LogP contribution in [0.3, 0.4) is 0 Å². The molecule has 0 bridgehead atoms. The number of carbonyl (C=O) groups is 1. The van der Waals surface area contributed by atoms with E-state index in [-0.39, 0.29) is 25.7 Å². The highest BCUT2D eigenvalue weighted by Gasteiger charge is 2.43. The van der Waals surface area contributed by atoms with Gasteiger partial charge in [0, 0.05) is 12.7 Å². The maximum Gasteiger partial charge on any atom is 0.258 e. The van der Waals surface area contributed by atoms with Gasteiger partial charge in [0.1, 0.15) is 5.66 Å². The molecular weight excluding hydrogens is 315 g/mol. The molecule has 1 aliphatic heterocycles. The third-order valence-corrected chi connectivity index (χ3v) is 6.84. The molecule has 124 valence electrons. The minimum absolute atomic E-state index is 0.0395. The van der Waals surface area contributed by atoms with Crippen molar-refractivity contribution in [1.29, 1.82) is 5.26 Å². The zero-order valence-electron chi connectivity index (χ0n) is 12.9. The van der Waals surface area contributed by atoms with Gasteiger partial charge in [-0.05, 0) is 24.8 Å². The highest BCUT2D eigenvalue weighted by atomic mass is 31.2. The standard InChI is InChI=1S/C16H21N2O4P/c17-10-5-12-22-23(21,13-9-14-6-2-1-3-7-14)15-8-4-11-18(20)16(15)19/h1-3,6-7,15,20H,4-5,8-9,11-13H2. The van der Waals surface area contributed by atoms with Gasteiger partial charge < -0.3 is 4.52 Å². The fourth-order valence-electron chi connectivity index (χ4n) is 2.69. The van der Waals surface area contributed by atoms with Gasteiger partial charge in [-0.1, -0.05) is 30.3 Å². The van der Waals surface area contributed by atoms with Crippen LogP contribution in [0.25, 0.3) is 0 Å². The predicted octanol–water partition coefficient (Wildman–Crippen LogP) is 2.82. The maximum absolute atomic E-state index is 13.3. The molecule has 0 spiro atoms. The van der Waals surface area contributed by atoms with Crippen LogP contribution in [0.2, 0.25) is 0 Å². The largest absolute Gasteiger partial charge is 0.327 e. The third-order valence-electron chi connectivity index (χ3n) is 3.94. The number of benzene rings is 1. The van der Waals surface area contributed by atoms with E-state index >= 15 is 0 Å². The Kier molecular flexibility index (Phi) is 6.35. The van der Waals surface area contributed by atoms with Gasteiger partial charge in [-0.15, -0.1) is 0 Å². The molecule has 2 rings (SSSR count). The molecule has 1 aliphatic rings. The smallest absolute Gasteiger partial charge is 0.258 e. The molecule has 1 heterocycles. The highest BCUT2D eigenvalue weighted by Crippen LogP contribution is 2.55. The number of hydrogen-bond donors (Lipinski definition) is 1. The van der Waals surface area contributed by atoms with Gasteiger partial charge in [-0.25, -0.2) is 5.06 Å². The summed E-state index contributed by atoms with van der Waals surface area (Å²) in [5, 5.41) is 18.9. The van der Waals surface area contributed by atoms with Crippen LogP contribution in [0.4, 0.5) is 0 Å². The fraction of sp³-hybridized carbons (Fsp3) is 0.500. The van der Waals surface area contributed by atoms with Crippen molar-refractivity contribution in [3.8, 4) is 6.07 Å². The number of hydroxylamine groups is 2. The second-order valence-electron chi connectivity index (χ2n) is 5.55. The molecule has 0 aromatic heterocycles. The lowest BCUT2D eigenvalue weighted by Crippen LogP contribution is -2.42. The summed E-state index contributed by atoms with van der Waals surface area (Å²) in [5.41, 5.74) is 0.198. The number of rotatable bonds is 7. The highest BCUT2D eigenvalue weighted by molar-refractivity contribution is 7.60. The molecule has 0 radical (unpaired) electrons. The SMILES string of the molecule is N#CCCOP(=O)(CCc1ccccc1)C1CCCN(O)C1=O. The Bertz CT molecular complexity index is 614. The Morgan fingerprint density at radius 3 is 2.83 bits per heavy atom. The second kappa shape index (κ2) is 8.26. The second-order valence-corrected chi connectivity index (χ2v) is 8.33. The van der Waals surface area contributed by atoms with Gasteiger partial charge in [0.2, 0.25) is 7.37 Å². The number of nitriles is 1. The summed E-state index contributed by atoms with van der Waals surface area (Å²) in [6, 6.07) is 11.5. The van der Waals surface area contributed by atoms with Crippen LogP contribution < -0.4 is 0 Å². The lowest BCUT2D eigenvalue weighted by molar-refractivity contribution is -0.169. The lowest BCUT2D eigenvalue weighted by atomic mass is 10.1. The molecule has 6 nitrogen and oxygen atoms in total. The molecule has 0 aliphatic carbocycles. The van der Waals surface area contributed by atoms with E-state index in [4.69, 9.17) is 9.79 Å². The normalized spacial score (nSPS) is 20.8. The van der Waals surface area contributed by atoms with Crippen LogP contribution in [0.1, 0.15) is 24.8 Å². The Hall–Kier alpha value is -1.67. The molecule has 2 atom stereocenters. The quantitative estimate of drug-likeness (QED) is 0.470. The summed E-state index contributed by atoms with van der Waals surface area (Å²) < 4.78 is 18.8. The minimum atomic E-state index is -3.29. The van der Waals surface area contributed by atoms with E-state index in [2.05, 4.69) is 0 Å². The number of amides is 1. The minimum Gasteiger partial charge on any atom is -0.327 e. The number of aryl methyl sites for hydroxylation is 1. The fourth-order valence-corrected chi connectivity index (χ4v) is 5.33. The molecule has 23 heavy (non-hydrogen) atoms. The number of hydrogen-bond acceptors (Lipinski definition) is 5.